The standard InChI is InChI=1S/C14H16S/c1-11(2)14-5-3-4-12(9-14)8-13-6-7-15-10-13/h3-7,9-11H,8H2,1-2H3. The second kappa shape index (κ2) is 4.63. The topological polar surface area (TPSA) is 0 Å². The number of thiophene rings is 1. The lowest BCUT2D eigenvalue weighted by molar-refractivity contribution is 0.863. The van der Waals surface area contributed by atoms with E-state index in [2.05, 4.69) is 54.9 Å². The molecule has 0 spiro atoms. The van der Waals surface area contributed by atoms with E-state index in [1.54, 1.807) is 11.3 Å². The monoisotopic (exact) mass is 216 g/mol. The molecule has 0 saturated heterocycles. The summed E-state index contributed by atoms with van der Waals surface area (Å²) in [6.07, 6.45) is 1.06. The van der Waals surface area contributed by atoms with Gasteiger partial charge in [0.2, 0.25) is 0 Å². The molecule has 0 aliphatic carbocycles. The second-order valence-corrected chi connectivity index (χ2v) is 4.99. The average Bonchev–Trinajstić information content (AvgIpc) is 2.71. The van der Waals surface area contributed by atoms with Crippen molar-refractivity contribution in [3.8, 4) is 0 Å². The van der Waals surface area contributed by atoms with E-state index in [0.29, 0.717) is 5.92 Å². The minimum absolute atomic E-state index is 0.618. The van der Waals surface area contributed by atoms with Crippen LogP contribution in [0.1, 0.15) is 36.5 Å². The average molecular weight is 216 g/mol. The van der Waals surface area contributed by atoms with Crippen LogP contribution in [0.25, 0.3) is 0 Å². The SMILES string of the molecule is CC(C)c1cccc(Cc2ccsc2)c1. The zero-order chi connectivity index (χ0) is 10.7. The van der Waals surface area contributed by atoms with Gasteiger partial charge in [0.05, 0.1) is 0 Å². The molecular weight excluding hydrogens is 200 g/mol. The lowest BCUT2D eigenvalue weighted by Gasteiger charge is -2.07. The van der Waals surface area contributed by atoms with Gasteiger partial charge in [-0.2, -0.15) is 11.3 Å². The van der Waals surface area contributed by atoms with Crippen molar-refractivity contribution in [3.05, 3.63) is 57.8 Å². The van der Waals surface area contributed by atoms with Gasteiger partial charge in [0.15, 0.2) is 0 Å². The normalized spacial score (nSPS) is 10.9. The van der Waals surface area contributed by atoms with E-state index in [1.165, 1.54) is 16.7 Å². The van der Waals surface area contributed by atoms with Crippen LogP contribution in [0, 0.1) is 0 Å². The van der Waals surface area contributed by atoms with Gasteiger partial charge in [0.25, 0.3) is 0 Å². The van der Waals surface area contributed by atoms with Gasteiger partial charge >= 0.3 is 0 Å². The molecular formula is C14H16S. The van der Waals surface area contributed by atoms with Crippen LogP contribution in [-0.2, 0) is 6.42 Å². The molecule has 0 aliphatic heterocycles. The molecule has 1 heterocycles. The maximum absolute atomic E-state index is 2.32. The van der Waals surface area contributed by atoms with Crippen molar-refractivity contribution < 1.29 is 0 Å². The third-order valence-corrected chi connectivity index (χ3v) is 3.34. The third-order valence-electron chi connectivity index (χ3n) is 2.61. The summed E-state index contributed by atoms with van der Waals surface area (Å²) < 4.78 is 0. The van der Waals surface area contributed by atoms with E-state index in [-0.39, 0.29) is 0 Å². The van der Waals surface area contributed by atoms with Crippen molar-refractivity contribution in [1.82, 2.24) is 0 Å². The van der Waals surface area contributed by atoms with Gasteiger partial charge in [-0.1, -0.05) is 38.1 Å². The van der Waals surface area contributed by atoms with Crippen molar-refractivity contribution >= 4 is 11.3 Å². The zero-order valence-electron chi connectivity index (χ0n) is 9.23. The van der Waals surface area contributed by atoms with Crippen LogP contribution in [0.15, 0.2) is 41.1 Å². The molecule has 0 unspecified atom stereocenters. The molecule has 0 atom stereocenters. The van der Waals surface area contributed by atoms with Crippen LogP contribution in [0.5, 0.6) is 0 Å². The maximum atomic E-state index is 2.32. The fourth-order valence-corrected chi connectivity index (χ4v) is 2.36. The molecule has 0 fully saturated rings. The number of rotatable bonds is 3. The minimum Gasteiger partial charge on any atom is -0.152 e. The molecule has 0 bridgehead atoms. The molecule has 78 valence electrons. The van der Waals surface area contributed by atoms with E-state index < -0.39 is 0 Å². The van der Waals surface area contributed by atoms with Crippen LogP contribution >= 0.6 is 11.3 Å². The number of benzene rings is 1. The number of hydrogen-bond donors (Lipinski definition) is 0. The largest absolute Gasteiger partial charge is 0.152 e. The number of hydrogen-bond acceptors (Lipinski definition) is 1. The Morgan fingerprint density at radius 1 is 1.13 bits per heavy atom. The first kappa shape index (κ1) is 10.4. The van der Waals surface area contributed by atoms with Gasteiger partial charge in [-0.15, -0.1) is 0 Å². The second-order valence-electron chi connectivity index (χ2n) is 4.21. The Bertz CT molecular complexity index is 413. The van der Waals surface area contributed by atoms with Crippen LogP contribution in [0.4, 0.5) is 0 Å². The predicted octanol–water partition coefficient (Wildman–Crippen LogP) is 4.46. The molecule has 15 heavy (non-hydrogen) atoms. The van der Waals surface area contributed by atoms with Crippen LogP contribution in [0.2, 0.25) is 0 Å². The van der Waals surface area contributed by atoms with Crippen molar-refractivity contribution in [1.29, 1.82) is 0 Å². The molecule has 0 nitrogen and oxygen atoms in total. The van der Waals surface area contributed by atoms with Gasteiger partial charge in [-0.3, -0.25) is 0 Å². The van der Waals surface area contributed by atoms with E-state index in [9.17, 15) is 0 Å². The molecule has 2 aromatic rings. The lowest BCUT2D eigenvalue weighted by Crippen LogP contribution is -1.91. The van der Waals surface area contributed by atoms with Gasteiger partial charge in [0, 0.05) is 0 Å². The van der Waals surface area contributed by atoms with E-state index >= 15 is 0 Å². The molecule has 0 amide bonds. The minimum atomic E-state index is 0.618. The molecule has 0 N–H and O–H groups in total. The van der Waals surface area contributed by atoms with Crippen molar-refractivity contribution in [2.45, 2.75) is 26.2 Å². The quantitative estimate of drug-likeness (QED) is 0.710. The summed E-state index contributed by atoms with van der Waals surface area (Å²) in [5.74, 6) is 0.618. The maximum Gasteiger partial charge on any atom is -0.00174 e. The Balaban J connectivity index is 2.18. The fraction of sp³-hybridized carbons (Fsp3) is 0.286. The Labute approximate surface area is 95.6 Å². The van der Waals surface area contributed by atoms with Gasteiger partial charge in [0.1, 0.15) is 0 Å². The third kappa shape index (κ3) is 2.69. The fourth-order valence-electron chi connectivity index (χ4n) is 1.69. The van der Waals surface area contributed by atoms with Crippen LogP contribution in [0.3, 0.4) is 0 Å². The highest BCUT2D eigenvalue weighted by Crippen LogP contribution is 2.18. The molecule has 2 rings (SSSR count). The van der Waals surface area contributed by atoms with E-state index in [0.717, 1.165) is 6.42 Å². The Morgan fingerprint density at radius 3 is 2.67 bits per heavy atom. The summed E-state index contributed by atoms with van der Waals surface area (Å²) in [4.78, 5) is 0. The van der Waals surface area contributed by atoms with Gasteiger partial charge < -0.3 is 0 Å². The zero-order valence-corrected chi connectivity index (χ0v) is 10.1. The molecule has 0 aliphatic rings. The summed E-state index contributed by atoms with van der Waals surface area (Å²) in [7, 11) is 0. The van der Waals surface area contributed by atoms with Crippen LogP contribution < -0.4 is 0 Å². The highest BCUT2D eigenvalue weighted by Gasteiger charge is 2.01. The van der Waals surface area contributed by atoms with E-state index in [1.807, 2.05) is 0 Å². The summed E-state index contributed by atoms with van der Waals surface area (Å²) in [6, 6.07) is 11.1. The summed E-state index contributed by atoms with van der Waals surface area (Å²) >= 11 is 1.77. The first-order valence-electron chi connectivity index (χ1n) is 5.35. The predicted molar refractivity (Wildman–Crippen MR) is 67.7 cm³/mol. The van der Waals surface area contributed by atoms with E-state index in [4.69, 9.17) is 0 Å². The Kier molecular flexibility index (Phi) is 3.22. The smallest absolute Gasteiger partial charge is 0.00174 e. The highest BCUT2D eigenvalue weighted by atomic mass is 32.1. The summed E-state index contributed by atoms with van der Waals surface area (Å²) in [5, 5.41) is 4.36. The van der Waals surface area contributed by atoms with Gasteiger partial charge in [-0.05, 0) is 45.9 Å². The molecule has 0 saturated carbocycles. The first-order valence-corrected chi connectivity index (χ1v) is 6.30. The van der Waals surface area contributed by atoms with Crippen molar-refractivity contribution in [2.75, 3.05) is 0 Å². The molecule has 1 aromatic heterocycles. The lowest BCUT2D eigenvalue weighted by atomic mass is 9.98. The Morgan fingerprint density at radius 2 is 2.00 bits per heavy atom. The summed E-state index contributed by atoms with van der Waals surface area (Å²) in [6.45, 7) is 4.48. The molecule has 1 heteroatoms. The first-order chi connectivity index (χ1) is 7.25. The molecule has 1 aromatic carbocycles. The molecule has 0 radical (unpaired) electrons. The van der Waals surface area contributed by atoms with Crippen molar-refractivity contribution in [3.63, 3.8) is 0 Å². The summed E-state index contributed by atoms with van der Waals surface area (Å²) in [5.41, 5.74) is 4.27. The van der Waals surface area contributed by atoms with Crippen LogP contribution in [-0.4, -0.2) is 0 Å². The van der Waals surface area contributed by atoms with Crippen molar-refractivity contribution in [2.24, 2.45) is 0 Å². The van der Waals surface area contributed by atoms with Gasteiger partial charge in [-0.25, -0.2) is 0 Å². The Hall–Kier alpha value is -1.08. The highest BCUT2D eigenvalue weighted by molar-refractivity contribution is 7.07.